The molecule has 0 saturated heterocycles. The van der Waals surface area contributed by atoms with E-state index in [4.69, 9.17) is 0 Å². The van der Waals surface area contributed by atoms with Crippen molar-refractivity contribution < 1.29 is 0 Å². The first kappa shape index (κ1) is 7.33. The summed E-state index contributed by atoms with van der Waals surface area (Å²) in [5.74, 6) is 0.650. The van der Waals surface area contributed by atoms with Gasteiger partial charge in [-0.1, -0.05) is 43.4 Å². The summed E-state index contributed by atoms with van der Waals surface area (Å²) in [4.78, 5) is 0. The highest BCUT2D eigenvalue weighted by atomic mass is 14.2. The normalized spacial score (nSPS) is 25.5. The maximum absolute atomic E-state index is 3.97. The second kappa shape index (κ2) is 2.87. The molecule has 0 heterocycles. The fourth-order valence-corrected chi connectivity index (χ4v) is 1.28. The minimum Gasteiger partial charge on any atom is -0.0958 e. The molecule has 0 aromatic rings. The monoisotopic (exact) mass is 134 g/mol. The third-order valence-corrected chi connectivity index (χ3v) is 2.06. The number of allylic oxidation sites excluding steroid dienone is 4. The van der Waals surface area contributed by atoms with Crippen molar-refractivity contribution in [1.82, 2.24) is 0 Å². The fraction of sp³-hybridized carbons (Fsp3) is 0.400. The second-order valence-corrected chi connectivity index (χ2v) is 2.88. The Morgan fingerprint density at radius 1 is 1.50 bits per heavy atom. The van der Waals surface area contributed by atoms with Gasteiger partial charge in [-0.15, -0.1) is 0 Å². The molecule has 0 aromatic heterocycles. The molecule has 0 saturated carbocycles. The van der Waals surface area contributed by atoms with Crippen molar-refractivity contribution in [2.45, 2.75) is 19.8 Å². The topological polar surface area (TPSA) is 0 Å². The predicted octanol–water partition coefficient (Wildman–Crippen LogP) is 3.08. The number of rotatable bonds is 1. The molecule has 0 N–H and O–H groups in total. The Balaban J connectivity index is 2.71. The molecule has 0 bridgehead atoms. The van der Waals surface area contributed by atoms with E-state index in [9.17, 15) is 0 Å². The van der Waals surface area contributed by atoms with E-state index in [2.05, 4.69) is 32.2 Å². The zero-order valence-electron chi connectivity index (χ0n) is 6.56. The summed E-state index contributed by atoms with van der Waals surface area (Å²) in [5, 5.41) is 0. The van der Waals surface area contributed by atoms with Crippen molar-refractivity contribution >= 4 is 0 Å². The van der Waals surface area contributed by atoms with Crippen LogP contribution in [0.4, 0.5) is 0 Å². The summed E-state index contributed by atoms with van der Waals surface area (Å²) in [6, 6.07) is 0. The summed E-state index contributed by atoms with van der Waals surface area (Å²) in [6.45, 7) is 10.1. The van der Waals surface area contributed by atoms with E-state index in [0.29, 0.717) is 5.92 Å². The van der Waals surface area contributed by atoms with E-state index in [1.165, 1.54) is 17.6 Å². The van der Waals surface area contributed by atoms with Crippen LogP contribution in [0.1, 0.15) is 19.8 Å². The summed E-state index contributed by atoms with van der Waals surface area (Å²) in [7, 11) is 0. The van der Waals surface area contributed by atoms with Gasteiger partial charge in [-0.25, -0.2) is 0 Å². The van der Waals surface area contributed by atoms with Crippen LogP contribution in [0.15, 0.2) is 36.5 Å². The highest BCUT2D eigenvalue weighted by molar-refractivity contribution is 5.32. The van der Waals surface area contributed by atoms with E-state index in [1.807, 2.05) is 0 Å². The zero-order valence-corrected chi connectivity index (χ0v) is 6.56. The molecule has 0 aromatic carbocycles. The molecule has 0 aliphatic heterocycles. The van der Waals surface area contributed by atoms with Crippen LogP contribution < -0.4 is 0 Å². The van der Waals surface area contributed by atoms with Crippen LogP contribution in [-0.2, 0) is 0 Å². The Morgan fingerprint density at radius 2 is 2.20 bits per heavy atom. The summed E-state index contributed by atoms with van der Waals surface area (Å²) in [6.07, 6.45) is 6.43. The molecule has 0 nitrogen and oxygen atoms in total. The molecule has 1 rings (SSSR count). The van der Waals surface area contributed by atoms with E-state index in [-0.39, 0.29) is 0 Å². The smallest absolute Gasteiger partial charge is 0.0130 e. The van der Waals surface area contributed by atoms with Crippen molar-refractivity contribution in [2.75, 3.05) is 0 Å². The maximum Gasteiger partial charge on any atom is -0.0130 e. The van der Waals surface area contributed by atoms with E-state index in [0.717, 1.165) is 6.42 Å². The minimum atomic E-state index is 0.650. The van der Waals surface area contributed by atoms with Gasteiger partial charge >= 0.3 is 0 Å². The second-order valence-electron chi connectivity index (χ2n) is 2.88. The van der Waals surface area contributed by atoms with Crippen LogP contribution in [0.5, 0.6) is 0 Å². The highest BCUT2D eigenvalue weighted by Gasteiger charge is 2.12. The molecule has 1 aliphatic rings. The Labute approximate surface area is 62.9 Å². The summed E-state index contributed by atoms with van der Waals surface area (Å²) >= 11 is 0. The van der Waals surface area contributed by atoms with Gasteiger partial charge in [0.15, 0.2) is 0 Å². The van der Waals surface area contributed by atoms with Gasteiger partial charge in [0, 0.05) is 0 Å². The van der Waals surface area contributed by atoms with Gasteiger partial charge in [0.1, 0.15) is 0 Å². The average molecular weight is 134 g/mol. The fourth-order valence-electron chi connectivity index (χ4n) is 1.28. The van der Waals surface area contributed by atoms with Gasteiger partial charge in [0.25, 0.3) is 0 Å². The quantitative estimate of drug-likeness (QED) is 0.517. The standard InChI is InChI=1S/C10H14/c1-4-10-7-8(2)5-6-9(10)3/h5-6,10H,2-4,7H2,1H3. The molecule has 1 aliphatic carbocycles. The third-order valence-electron chi connectivity index (χ3n) is 2.06. The number of hydrogen-bond donors (Lipinski definition) is 0. The van der Waals surface area contributed by atoms with Crippen LogP contribution in [-0.4, -0.2) is 0 Å². The van der Waals surface area contributed by atoms with Crippen LogP contribution in [0.25, 0.3) is 0 Å². The Hall–Kier alpha value is -0.780. The van der Waals surface area contributed by atoms with Crippen molar-refractivity contribution in [2.24, 2.45) is 5.92 Å². The van der Waals surface area contributed by atoms with Crippen molar-refractivity contribution in [3.05, 3.63) is 36.5 Å². The summed E-state index contributed by atoms with van der Waals surface area (Å²) < 4.78 is 0. The molecule has 0 fully saturated rings. The molecule has 10 heavy (non-hydrogen) atoms. The van der Waals surface area contributed by atoms with Gasteiger partial charge in [0.05, 0.1) is 0 Å². The molecule has 54 valence electrons. The molecule has 0 amide bonds. The molecule has 1 atom stereocenters. The lowest BCUT2D eigenvalue weighted by Crippen LogP contribution is -2.04. The molecular weight excluding hydrogens is 120 g/mol. The Kier molecular flexibility index (Phi) is 2.10. The largest absolute Gasteiger partial charge is 0.0958 e. The zero-order chi connectivity index (χ0) is 7.56. The van der Waals surface area contributed by atoms with E-state index < -0.39 is 0 Å². The van der Waals surface area contributed by atoms with Crippen molar-refractivity contribution in [3.63, 3.8) is 0 Å². The predicted molar refractivity (Wildman–Crippen MR) is 45.8 cm³/mol. The lowest BCUT2D eigenvalue weighted by atomic mass is 9.86. The van der Waals surface area contributed by atoms with Crippen LogP contribution in [0.2, 0.25) is 0 Å². The van der Waals surface area contributed by atoms with Gasteiger partial charge in [-0.3, -0.25) is 0 Å². The lowest BCUT2D eigenvalue weighted by molar-refractivity contribution is 0.597. The summed E-state index contributed by atoms with van der Waals surface area (Å²) in [5.41, 5.74) is 2.49. The SMILES string of the molecule is C=C1C=CC(=C)C(CC)C1. The van der Waals surface area contributed by atoms with E-state index in [1.54, 1.807) is 0 Å². The van der Waals surface area contributed by atoms with Crippen LogP contribution in [0.3, 0.4) is 0 Å². The first-order valence-electron chi connectivity index (χ1n) is 3.78. The molecule has 1 unspecified atom stereocenters. The highest BCUT2D eigenvalue weighted by Crippen LogP contribution is 2.27. The Morgan fingerprint density at radius 3 is 2.70 bits per heavy atom. The molecule has 0 spiro atoms. The maximum atomic E-state index is 3.97. The van der Waals surface area contributed by atoms with Gasteiger partial charge in [-0.05, 0) is 18.8 Å². The van der Waals surface area contributed by atoms with Gasteiger partial charge < -0.3 is 0 Å². The third kappa shape index (κ3) is 1.38. The molecule has 0 heteroatoms. The minimum absolute atomic E-state index is 0.650. The first-order valence-corrected chi connectivity index (χ1v) is 3.78. The molecular formula is C10H14. The van der Waals surface area contributed by atoms with Crippen LogP contribution in [0, 0.1) is 5.92 Å². The van der Waals surface area contributed by atoms with Crippen LogP contribution >= 0.6 is 0 Å². The van der Waals surface area contributed by atoms with E-state index >= 15 is 0 Å². The molecule has 0 radical (unpaired) electrons. The Bertz CT molecular complexity index is 184. The van der Waals surface area contributed by atoms with Crippen molar-refractivity contribution in [3.8, 4) is 0 Å². The van der Waals surface area contributed by atoms with Gasteiger partial charge in [0.2, 0.25) is 0 Å². The van der Waals surface area contributed by atoms with Crippen molar-refractivity contribution in [1.29, 1.82) is 0 Å². The number of hydrogen-bond acceptors (Lipinski definition) is 0. The average Bonchev–Trinajstić information content (AvgIpc) is 1.94. The lowest BCUT2D eigenvalue weighted by Gasteiger charge is -2.19. The first-order chi connectivity index (χ1) is 4.74. The van der Waals surface area contributed by atoms with Gasteiger partial charge in [-0.2, -0.15) is 0 Å².